The van der Waals surface area contributed by atoms with Gasteiger partial charge in [-0.3, -0.25) is 0 Å². The predicted octanol–water partition coefficient (Wildman–Crippen LogP) is 2.15. The third-order valence-corrected chi connectivity index (χ3v) is 2.88. The van der Waals surface area contributed by atoms with E-state index in [0.717, 1.165) is 11.4 Å². The number of halogens is 1. The molecule has 17 heavy (non-hydrogen) atoms. The van der Waals surface area contributed by atoms with Crippen LogP contribution >= 0.6 is 0 Å². The molecule has 0 atom stereocenters. The van der Waals surface area contributed by atoms with Crippen molar-refractivity contribution in [3.05, 3.63) is 48.3 Å². The average molecular weight is 232 g/mol. The number of para-hydroxylation sites is 1. The molecule has 0 N–H and O–H groups in total. The van der Waals surface area contributed by atoms with Crippen LogP contribution in [0.25, 0.3) is 5.69 Å². The Labute approximate surface area is 98.8 Å². The van der Waals surface area contributed by atoms with Crippen LogP contribution in [-0.2, 0) is 11.2 Å². The highest BCUT2D eigenvalue weighted by Gasteiger charge is 2.39. The molecule has 1 aliphatic heterocycles. The summed E-state index contributed by atoms with van der Waals surface area (Å²) in [5.41, 5.74) is 0.534. The fraction of sp³-hybridized carbons (Fsp3) is 0.308. The van der Waals surface area contributed by atoms with Crippen molar-refractivity contribution in [1.29, 1.82) is 0 Å². The second kappa shape index (κ2) is 3.96. The smallest absolute Gasteiger partial charge is 0.162 e. The average Bonchev–Trinajstić information content (AvgIpc) is 2.77. The van der Waals surface area contributed by atoms with E-state index in [9.17, 15) is 4.39 Å². The van der Waals surface area contributed by atoms with Gasteiger partial charge < -0.3 is 4.74 Å². The summed E-state index contributed by atoms with van der Waals surface area (Å²) in [6, 6.07) is 11.6. The molecule has 1 aromatic heterocycles. The topological polar surface area (TPSA) is 27.1 Å². The van der Waals surface area contributed by atoms with Gasteiger partial charge in [0.2, 0.25) is 0 Å². The second-order valence-electron chi connectivity index (χ2n) is 4.41. The van der Waals surface area contributed by atoms with Gasteiger partial charge >= 0.3 is 0 Å². The first-order valence-corrected chi connectivity index (χ1v) is 5.62. The molecular formula is C13H13FN2O. The first kappa shape index (κ1) is 10.5. The molecule has 1 aliphatic rings. The molecule has 0 radical (unpaired) electrons. The van der Waals surface area contributed by atoms with Crippen molar-refractivity contribution in [1.82, 2.24) is 9.78 Å². The van der Waals surface area contributed by atoms with Gasteiger partial charge in [0.25, 0.3) is 0 Å². The fourth-order valence-electron chi connectivity index (χ4n) is 1.93. The van der Waals surface area contributed by atoms with E-state index in [2.05, 4.69) is 5.10 Å². The molecule has 88 valence electrons. The van der Waals surface area contributed by atoms with E-state index in [1.807, 2.05) is 42.6 Å². The standard InChI is InChI=1S/C13H13FN2O/c14-13(9-17-10-13)8-11-6-7-16(15-11)12-4-2-1-3-5-12/h1-7H,8-10H2. The quantitative estimate of drug-likeness (QED) is 0.810. The zero-order valence-electron chi connectivity index (χ0n) is 9.34. The molecular weight excluding hydrogens is 219 g/mol. The second-order valence-corrected chi connectivity index (χ2v) is 4.41. The van der Waals surface area contributed by atoms with Crippen LogP contribution in [0.5, 0.6) is 0 Å². The Bertz CT molecular complexity index is 505. The van der Waals surface area contributed by atoms with Gasteiger partial charge in [0.15, 0.2) is 5.67 Å². The van der Waals surface area contributed by atoms with Gasteiger partial charge in [0, 0.05) is 12.6 Å². The summed E-state index contributed by atoms with van der Waals surface area (Å²) in [6.45, 7) is 0.371. The molecule has 0 amide bonds. The van der Waals surface area contributed by atoms with E-state index in [1.165, 1.54) is 0 Å². The number of rotatable bonds is 3. The zero-order chi connectivity index (χ0) is 11.7. The van der Waals surface area contributed by atoms with Gasteiger partial charge in [-0.25, -0.2) is 9.07 Å². The molecule has 4 heteroatoms. The zero-order valence-corrected chi connectivity index (χ0v) is 9.34. The minimum Gasteiger partial charge on any atom is -0.375 e. The van der Waals surface area contributed by atoms with Crippen LogP contribution in [0.15, 0.2) is 42.6 Å². The van der Waals surface area contributed by atoms with Gasteiger partial charge in [0.1, 0.15) is 0 Å². The van der Waals surface area contributed by atoms with E-state index >= 15 is 0 Å². The number of benzene rings is 1. The van der Waals surface area contributed by atoms with Crippen LogP contribution in [0.1, 0.15) is 5.69 Å². The lowest BCUT2D eigenvalue weighted by Gasteiger charge is -2.32. The van der Waals surface area contributed by atoms with Crippen LogP contribution in [0, 0.1) is 0 Å². The van der Waals surface area contributed by atoms with Crippen LogP contribution in [-0.4, -0.2) is 28.7 Å². The third kappa shape index (κ3) is 2.08. The molecule has 3 nitrogen and oxygen atoms in total. The fourth-order valence-corrected chi connectivity index (χ4v) is 1.93. The molecule has 0 spiro atoms. The van der Waals surface area contributed by atoms with Gasteiger partial charge in [0.05, 0.1) is 24.6 Å². The molecule has 2 aromatic rings. The Kier molecular flexibility index (Phi) is 2.44. The largest absolute Gasteiger partial charge is 0.375 e. The number of ether oxygens (including phenoxy) is 1. The summed E-state index contributed by atoms with van der Waals surface area (Å²) in [4.78, 5) is 0. The van der Waals surface area contributed by atoms with E-state index in [4.69, 9.17) is 4.74 Å². The summed E-state index contributed by atoms with van der Waals surface area (Å²) in [6.07, 6.45) is 2.18. The highest BCUT2D eigenvalue weighted by Crippen LogP contribution is 2.26. The highest BCUT2D eigenvalue weighted by atomic mass is 19.1. The molecule has 1 fully saturated rings. The predicted molar refractivity (Wildman–Crippen MR) is 61.9 cm³/mol. The maximum absolute atomic E-state index is 13.8. The Hall–Kier alpha value is -1.68. The number of hydrogen-bond acceptors (Lipinski definition) is 2. The first-order chi connectivity index (χ1) is 8.25. The minimum absolute atomic E-state index is 0.186. The molecule has 2 heterocycles. The summed E-state index contributed by atoms with van der Waals surface area (Å²) in [5.74, 6) is 0. The van der Waals surface area contributed by atoms with Crippen molar-refractivity contribution in [3.63, 3.8) is 0 Å². The van der Waals surface area contributed by atoms with Crippen molar-refractivity contribution >= 4 is 0 Å². The molecule has 0 unspecified atom stereocenters. The number of hydrogen-bond donors (Lipinski definition) is 0. The van der Waals surface area contributed by atoms with Crippen molar-refractivity contribution in [2.24, 2.45) is 0 Å². The summed E-state index contributed by atoms with van der Waals surface area (Å²) in [5, 5.41) is 4.37. The maximum Gasteiger partial charge on any atom is 0.162 e. The van der Waals surface area contributed by atoms with Crippen molar-refractivity contribution < 1.29 is 9.13 Å². The molecule has 0 bridgehead atoms. The Morgan fingerprint density at radius 3 is 2.65 bits per heavy atom. The lowest BCUT2D eigenvalue weighted by atomic mass is 9.98. The van der Waals surface area contributed by atoms with E-state index in [1.54, 1.807) is 4.68 Å². The number of aromatic nitrogens is 2. The SMILES string of the molecule is FC1(Cc2ccn(-c3ccccc3)n2)COC1. The van der Waals surface area contributed by atoms with Gasteiger partial charge in [-0.2, -0.15) is 5.10 Å². The van der Waals surface area contributed by atoms with Crippen LogP contribution in [0.4, 0.5) is 4.39 Å². The van der Waals surface area contributed by atoms with Crippen LogP contribution in [0.2, 0.25) is 0 Å². The van der Waals surface area contributed by atoms with Crippen LogP contribution < -0.4 is 0 Å². The monoisotopic (exact) mass is 232 g/mol. The Morgan fingerprint density at radius 2 is 2.00 bits per heavy atom. The summed E-state index contributed by atoms with van der Waals surface area (Å²) < 4.78 is 20.5. The van der Waals surface area contributed by atoms with Crippen molar-refractivity contribution in [2.45, 2.75) is 12.1 Å². The van der Waals surface area contributed by atoms with E-state index in [0.29, 0.717) is 6.42 Å². The van der Waals surface area contributed by atoms with Crippen molar-refractivity contribution in [3.8, 4) is 5.69 Å². The Morgan fingerprint density at radius 1 is 1.24 bits per heavy atom. The highest BCUT2D eigenvalue weighted by molar-refractivity contribution is 5.30. The normalized spacial score (nSPS) is 17.7. The summed E-state index contributed by atoms with van der Waals surface area (Å²) in [7, 11) is 0. The third-order valence-electron chi connectivity index (χ3n) is 2.88. The molecule has 1 saturated heterocycles. The molecule has 0 aliphatic carbocycles. The van der Waals surface area contributed by atoms with Gasteiger partial charge in [-0.05, 0) is 18.2 Å². The van der Waals surface area contributed by atoms with Crippen LogP contribution in [0.3, 0.4) is 0 Å². The van der Waals surface area contributed by atoms with E-state index < -0.39 is 5.67 Å². The minimum atomic E-state index is -1.21. The lowest BCUT2D eigenvalue weighted by molar-refractivity contribution is -0.129. The van der Waals surface area contributed by atoms with E-state index in [-0.39, 0.29) is 13.2 Å². The van der Waals surface area contributed by atoms with Gasteiger partial charge in [-0.15, -0.1) is 0 Å². The molecule has 1 aromatic carbocycles. The summed E-state index contributed by atoms with van der Waals surface area (Å²) >= 11 is 0. The number of nitrogens with zero attached hydrogens (tertiary/aromatic N) is 2. The lowest BCUT2D eigenvalue weighted by Crippen LogP contribution is -2.47. The van der Waals surface area contributed by atoms with Crippen molar-refractivity contribution in [2.75, 3.05) is 13.2 Å². The first-order valence-electron chi connectivity index (χ1n) is 5.62. The van der Waals surface area contributed by atoms with Gasteiger partial charge in [-0.1, -0.05) is 18.2 Å². The Balaban J connectivity index is 1.79. The maximum atomic E-state index is 13.8. The molecule has 3 rings (SSSR count). The molecule has 0 saturated carbocycles. The number of alkyl halides is 1.